The molecule has 1 fully saturated rings. The van der Waals surface area contributed by atoms with Gasteiger partial charge in [-0.05, 0) is 78.2 Å². The first-order valence-electron chi connectivity index (χ1n) is 15.7. The third kappa shape index (κ3) is 8.37. The highest BCUT2D eigenvalue weighted by Gasteiger charge is 2.21. The van der Waals surface area contributed by atoms with E-state index >= 15 is 0 Å². The highest BCUT2D eigenvalue weighted by Crippen LogP contribution is 2.37. The van der Waals surface area contributed by atoms with Crippen LogP contribution in [0.1, 0.15) is 74.1 Å². The number of hydrogen-bond donors (Lipinski definition) is 2. The van der Waals surface area contributed by atoms with Crippen molar-refractivity contribution in [1.29, 1.82) is 0 Å². The van der Waals surface area contributed by atoms with Crippen molar-refractivity contribution in [3.63, 3.8) is 0 Å². The van der Waals surface area contributed by atoms with Crippen LogP contribution in [-0.2, 0) is 29.0 Å². The summed E-state index contributed by atoms with van der Waals surface area (Å²) in [6, 6.07) is 24.2. The number of benzene rings is 3. The molecule has 6 nitrogen and oxygen atoms in total. The van der Waals surface area contributed by atoms with Crippen molar-refractivity contribution in [2.75, 3.05) is 6.73 Å². The van der Waals surface area contributed by atoms with E-state index in [2.05, 4.69) is 65.5 Å². The fourth-order valence-corrected chi connectivity index (χ4v) is 5.95. The van der Waals surface area contributed by atoms with Crippen LogP contribution in [0, 0.1) is 5.92 Å². The predicted molar refractivity (Wildman–Crippen MR) is 172 cm³/mol. The van der Waals surface area contributed by atoms with E-state index in [1.165, 1.54) is 43.2 Å². The van der Waals surface area contributed by atoms with E-state index in [9.17, 15) is 9.90 Å². The second-order valence-electron chi connectivity index (χ2n) is 11.7. The van der Waals surface area contributed by atoms with Gasteiger partial charge in [0.1, 0.15) is 6.04 Å². The van der Waals surface area contributed by atoms with Gasteiger partial charge in [-0.1, -0.05) is 93.1 Å². The topological polar surface area (TPSA) is 84.3 Å². The monoisotopic (exact) mass is 577 g/mol. The van der Waals surface area contributed by atoms with Crippen LogP contribution in [0.2, 0.25) is 0 Å². The molecule has 0 radical (unpaired) electrons. The minimum Gasteiger partial charge on any atom is -0.480 e. The molecule has 0 bridgehead atoms. The number of carbonyl (C=O) groups is 1. The molecule has 0 amide bonds. The molecule has 43 heavy (non-hydrogen) atoms. The molecule has 1 aliphatic carbocycles. The molecule has 1 heterocycles. The summed E-state index contributed by atoms with van der Waals surface area (Å²) in [6.07, 6.45) is 11.7. The summed E-state index contributed by atoms with van der Waals surface area (Å²) in [4.78, 5) is 21.1. The summed E-state index contributed by atoms with van der Waals surface area (Å²) in [5, 5.41) is 12.7. The first-order chi connectivity index (χ1) is 21.0. The maximum Gasteiger partial charge on any atom is 0.321 e. The van der Waals surface area contributed by atoms with Crippen LogP contribution in [0.5, 0.6) is 0 Å². The zero-order valence-corrected chi connectivity index (χ0v) is 25.3. The standard InChI is InChI=1S/C37H43N3O3/c1-3-26-5-7-29(8-6-26)24-43-25-40-35(37(41)42)21-28-11-15-33(16-12-28)36-38-22-34(23-39-36)32-19-17-31(18-20-32)30-13-9-27(4-2)10-14-30/h5-8,11-12,15-20,22-23,27,30,35,40H,3-4,9-10,13-14,21,24-25H2,1-2H3,(H,41,42)/t27-,30-,35-/m0/s1. The Hall–Kier alpha value is -3.87. The molecule has 5 rings (SSSR count). The van der Waals surface area contributed by atoms with Crippen LogP contribution in [0.4, 0.5) is 0 Å². The largest absolute Gasteiger partial charge is 0.480 e. The molecule has 1 aromatic heterocycles. The number of nitrogens with one attached hydrogen (secondary N) is 1. The lowest BCUT2D eigenvalue weighted by atomic mass is 9.78. The summed E-state index contributed by atoms with van der Waals surface area (Å²) in [5.74, 6) is 1.33. The molecular weight excluding hydrogens is 534 g/mol. The zero-order valence-electron chi connectivity index (χ0n) is 25.3. The maximum atomic E-state index is 11.9. The zero-order chi connectivity index (χ0) is 30.0. The molecule has 1 atom stereocenters. The number of aliphatic carboxylic acids is 1. The lowest BCUT2D eigenvalue weighted by Gasteiger charge is -2.28. The normalized spacial score (nSPS) is 17.4. The van der Waals surface area contributed by atoms with E-state index < -0.39 is 12.0 Å². The first kappa shape index (κ1) is 30.6. The van der Waals surface area contributed by atoms with E-state index in [0.717, 1.165) is 40.2 Å². The lowest BCUT2D eigenvalue weighted by Crippen LogP contribution is -2.39. The van der Waals surface area contributed by atoms with E-state index in [1.807, 2.05) is 48.8 Å². The van der Waals surface area contributed by atoms with E-state index in [0.29, 0.717) is 24.8 Å². The van der Waals surface area contributed by atoms with Gasteiger partial charge >= 0.3 is 5.97 Å². The Kier molecular flexibility index (Phi) is 10.7. The molecular formula is C37H43N3O3. The molecule has 1 saturated carbocycles. The minimum absolute atomic E-state index is 0.160. The van der Waals surface area contributed by atoms with Crippen molar-refractivity contribution in [2.24, 2.45) is 5.92 Å². The number of rotatable bonds is 13. The van der Waals surface area contributed by atoms with Crippen LogP contribution >= 0.6 is 0 Å². The highest BCUT2D eigenvalue weighted by molar-refractivity contribution is 5.74. The van der Waals surface area contributed by atoms with Crippen molar-refractivity contribution in [2.45, 2.75) is 77.4 Å². The molecule has 6 heteroatoms. The van der Waals surface area contributed by atoms with Crippen LogP contribution in [0.15, 0.2) is 85.2 Å². The Bertz CT molecular complexity index is 1430. The summed E-state index contributed by atoms with van der Waals surface area (Å²) in [7, 11) is 0. The number of carboxylic acid groups (broad SMARTS) is 1. The van der Waals surface area contributed by atoms with Gasteiger partial charge in [0.15, 0.2) is 5.82 Å². The smallest absolute Gasteiger partial charge is 0.321 e. The third-order valence-electron chi connectivity index (χ3n) is 8.87. The van der Waals surface area contributed by atoms with E-state index in [1.54, 1.807) is 0 Å². The highest BCUT2D eigenvalue weighted by atomic mass is 16.5. The van der Waals surface area contributed by atoms with Crippen molar-refractivity contribution >= 4 is 5.97 Å². The number of aryl methyl sites for hydroxylation is 1. The molecule has 4 aromatic rings. The third-order valence-corrected chi connectivity index (χ3v) is 8.87. The van der Waals surface area contributed by atoms with Crippen molar-refractivity contribution in [3.05, 3.63) is 107 Å². The Morgan fingerprint density at radius 3 is 2.02 bits per heavy atom. The maximum absolute atomic E-state index is 11.9. The van der Waals surface area contributed by atoms with Crippen LogP contribution in [-0.4, -0.2) is 33.8 Å². The Morgan fingerprint density at radius 2 is 1.42 bits per heavy atom. The SMILES string of the molecule is CCc1ccc(COCN[C@@H](Cc2ccc(-c3ncc(-c4ccc([C@H]5CC[C@H](CC)CC5)cc4)cn3)cc2)C(=O)O)cc1. The summed E-state index contributed by atoms with van der Waals surface area (Å²) in [6.45, 7) is 5.03. The van der Waals surface area contributed by atoms with Crippen LogP contribution < -0.4 is 5.32 Å². The molecule has 2 N–H and O–H groups in total. The van der Waals surface area contributed by atoms with Gasteiger partial charge in [0.2, 0.25) is 0 Å². The quantitative estimate of drug-likeness (QED) is 0.125. The van der Waals surface area contributed by atoms with Gasteiger partial charge in [0.25, 0.3) is 0 Å². The van der Waals surface area contributed by atoms with E-state index in [-0.39, 0.29) is 6.73 Å². The van der Waals surface area contributed by atoms with Crippen molar-refractivity contribution < 1.29 is 14.6 Å². The van der Waals surface area contributed by atoms with Crippen molar-refractivity contribution in [3.8, 4) is 22.5 Å². The molecule has 0 aliphatic heterocycles. The average molecular weight is 578 g/mol. The number of ether oxygens (including phenoxy) is 1. The Morgan fingerprint density at radius 1 is 0.814 bits per heavy atom. The molecule has 224 valence electrons. The number of carboxylic acids is 1. The second-order valence-corrected chi connectivity index (χ2v) is 11.7. The fraction of sp³-hybridized carbons (Fsp3) is 0.378. The van der Waals surface area contributed by atoms with Gasteiger partial charge in [-0.3, -0.25) is 10.1 Å². The number of hydrogen-bond acceptors (Lipinski definition) is 5. The Balaban J connectivity index is 1.12. The van der Waals surface area contributed by atoms with Gasteiger partial charge in [-0.25, -0.2) is 9.97 Å². The van der Waals surface area contributed by atoms with Gasteiger partial charge < -0.3 is 9.84 Å². The summed E-state index contributed by atoms with van der Waals surface area (Å²) < 4.78 is 5.68. The van der Waals surface area contributed by atoms with Gasteiger partial charge in [-0.2, -0.15) is 0 Å². The first-order valence-corrected chi connectivity index (χ1v) is 15.7. The Labute approximate surface area is 255 Å². The molecule has 1 aliphatic rings. The van der Waals surface area contributed by atoms with Crippen molar-refractivity contribution in [1.82, 2.24) is 15.3 Å². The number of nitrogens with zero attached hydrogens (tertiary/aromatic N) is 2. The van der Waals surface area contributed by atoms with E-state index in [4.69, 9.17) is 4.74 Å². The summed E-state index contributed by atoms with van der Waals surface area (Å²) in [5.41, 5.74) is 7.72. The lowest BCUT2D eigenvalue weighted by molar-refractivity contribution is -0.140. The molecule has 0 unspecified atom stereocenters. The van der Waals surface area contributed by atoms with Gasteiger partial charge in [0, 0.05) is 23.5 Å². The van der Waals surface area contributed by atoms with Crippen LogP contribution in [0.3, 0.4) is 0 Å². The molecule has 0 saturated heterocycles. The number of aromatic nitrogens is 2. The van der Waals surface area contributed by atoms with Crippen LogP contribution in [0.25, 0.3) is 22.5 Å². The molecule has 0 spiro atoms. The molecule has 3 aromatic carbocycles. The second kappa shape index (κ2) is 15.0. The van der Waals surface area contributed by atoms with Gasteiger partial charge in [-0.15, -0.1) is 0 Å². The summed E-state index contributed by atoms with van der Waals surface area (Å²) >= 11 is 0. The predicted octanol–water partition coefficient (Wildman–Crippen LogP) is 7.82. The minimum atomic E-state index is -0.907. The average Bonchev–Trinajstić information content (AvgIpc) is 3.07. The fourth-order valence-electron chi connectivity index (χ4n) is 5.95. The van der Waals surface area contributed by atoms with Gasteiger partial charge in [0.05, 0.1) is 13.3 Å².